The monoisotopic (exact) mass is 445 g/mol. The summed E-state index contributed by atoms with van der Waals surface area (Å²) >= 11 is 5.49. The highest BCUT2D eigenvalue weighted by molar-refractivity contribution is 6.17. The molecule has 9 nitrogen and oxygen atoms in total. The Labute approximate surface area is 180 Å². The normalized spacial score (nSPS) is 11.4. The molecule has 29 heavy (non-hydrogen) atoms. The number of alkyl halides is 1. The van der Waals surface area contributed by atoms with E-state index in [0.29, 0.717) is 112 Å². The molecule has 1 N–H and O–H groups in total. The molecule has 0 aliphatic carbocycles. The minimum Gasteiger partial charge on any atom is -0.378 e. The van der Waals surface area contributed by atoms with Crippen LogP contribution < -0.4 is 5.32 Å². The number of halogens is 1. The van der Waals surface area contributed by atoms with Crippen molar-refractivity contribution in [2.24, 2.45) is 0 Å². The summed E-state index contributed by atoms with van der Waals surface area (Å²) in [4.78, 5) is 0. The van der Waals surface area contributed by atoms with Gasteiger partial charge in [0.15, 0.2) is 0 Å². The number of rotatable bonds is 26. The Kier molecular flexibility index (Phi) is 27.9. The van der Waals surface area contributed by atoms with Gasteiger partial charge in [-0.2, -0.15) is 0 Å². The van der Waals surface area contributed by atoms with Crippen molar-refractivity contribution < 1.29 is 37.9 Å². The number of hydrogen-bond donors (Lipinski definition) is 1. The van der Waals surface area contributed by atoms with Crippen LogP contribution in [-0.4, -0.2) is 125 Å². The molecule has 0 unspecified atom stereocenters. The molecular formula is C19H40ClNO8. The third kappa shape index (κ3) is 27.9. The minimum atomic E-state index is 0.506. The molecule has 0 saturated carbocycles. The molecule has 0 aliphatic heterocycles. The van der Waals surface area contributed by atoms with Crippen molar-refractivity contribution in [1.82, 2.24) is 5.32 Å². The average molecular weight is 446 g/mol. The van der Waals surface area contributed by atoms with E-state index in [1.165, 1.54) is 0 Å². The Balaban J connectivity index is 2.97. The first kappa shape index (κ1) is 28.9. The summed E-state index contributed by atoms with van der Waals surface area (Å²) in [6, 6.07) is 0. The van der Waals surface area contributed by atoms with Gasteiger partial charge in [0, 0.05) is 12.4 Å². The summed E-state index contributed by atoms with van der Waals surface area (Å²) < 4.78 is 42.9. The molecule has 0 atom stereocenters. The maximum Gasteiger partial charge on any atom is 0.0701 e. The van der Waals surface area contributed by atoms with Gasteiger partial charge in [-0.3, -0.25) is 0 Å². The molecule has 176 valence electrons. The average Bonchev–Trinajstić information content (AvgIpc) is 2.74. The van der Waals surface area contributed by atoms with E-state index < -0.39 is 0 Å². The van der Waals surface area contributed by atoms with Crippen LogP contribution in [-0.2, 0) is 37.9 Å². The van der Waals surface area contributed by atoms with Crippen LogP contribution in [0.2, 0.25) is 0 Å². The van der Waals surface area contributed by atoms with Crippen LogP contribution in [0.4, 0.5) is 0 Å². The third-order valence-electron chi connectivity index (χ3n) is 3.32. The summed E-state index contributed by atoms with van der Waals surface area (Å²) in [6.07, 6.45) is 0. The zero-order chi connectivity index (χ0) is 21.1. The van der Waals surface area contributed by atoms with Gasteiger partial charge in [0.2, 0.25) is 0 Å². The van der Waals surface area contributed by atoms with Crippen molar-refractivity contribution in [2.45, 2.75) is 0 Å². The van der Waals surface area contributed by atoms with E-state index in [9.17, 15) is 0 Å². The second-order valence-corrected chi connectivity index (χ2v) is 6.07. The lowest BCUT2D eigenvalue weighted by Gasteiger charge is -2.08. The van der Waals surface area contributed by atoms with E-state index in [1.54, 1.807) is 0 Å². The molecule has 0 aliphatic rings. The van der Waals surface area contributed by atoms with Crippen LogP contribution in [0.25, 0.3) is 0 Å². The maximum atomic E-state index is 5.49. The molecule has 10 heteroatoms. The molecular weight excluding hydrogens is 406 g/mol. The van der Waals surface area contributed by atoms with Crippen LogP contribution in [0.1, 0.15) is 0 Å². The molecule has 0 rings (SSSR count). The first-order chi connectivity index (χ1) is 14.4. The number of likely N-dealkylation sites (N-methyl/N-ethyl adjacent to an activating group) is 1. The predicted molar refractivity (Wildman–Crippen MR) is 111 cm³/mol. The minimum absolute atomic E-state index is 0.506. The SMILES string of the molecule is CNCCOCCOCCOCCOCCOCCOCCOCCOCCCl. The molecule has 0 heterocycles. The zero-order valence-corrected chi connectivity index (χ0v) is 18.6. The van der Waals surface area contributed by atoms with Gasteiger partial charge in [-0.25, -0.2) is 0 Å². The zero-order valence-electron chi connectivity index (χ0n) is 17.9. The Bertz CT molecular complexity index is 267. The molecule has 0 saturated heterocycles. The molecule has 0 aromatic rings. The quantitative estimate of drug-likeness (QED) is 0.152. The molecule has 0 fully saturated rings. The second kappa shape index (κ2) is 27.9. The fourth-order valence-electron chi connectivity index (χ4n) is 1.87. The summed E-state index contributed by atoms with van der Waals surface area (Å²) in [5.41, 5.74) is 0. The highest BCUT2D eigenvalue weighted by Gasteiger charge is 1.95. The smallest absolute Gasteiger partial charge is 0.0701 e. The summed E-state index contributed by atoms with van der Waals surface area (Å²) in [5, 5.41) is 3.01. The van der Waals surface area contributed by atoms with Gasteiger partial charge in [-0.15, -0.1) is 11.6 Å². The Hall–Kier alpha value is -0.0700. The summed E-state index contributed by atoms with van der Waals surface area (Å²) in [5.74, 6) is 0.506. The fourth-order valence-corrected chi connectivity index (χ4v) is 1.98. The number of hydrogen-bond acceptors (Lipinski definition) is 9. The van der Waals surface area contributed by atoms with E-state index in [4.69, 9.17) is 49.5 Å². The van der Waals surface area contributed by atoms with Crippen molar-refractivity contribution in [3.05, 3.63) is 0 Å². The van der Waals surface area contributed by atoms with Crippen molar-refractivity contribution >= 4 is 11.6 Å². The van der Waals surface area contributed by atoms with Gasteiger partial charge in [-0.1, -0.05) is 0 Å². The lowest BCUT2D eigenvalue weighted by molar-refractivity contribution is -0.0227. The highest BCUT2D eigenvalue weighted by atomic mass is 35.5. The van der Waals surface area contributed by atoms with E-state index in [-0.39, 0.29) is 0 Å². The molecule has 0 radical (unpaired) electrons. The molecule has 0 bridgehead atoms. The van der Waals surface area contributed by atoms with Gasteiger partial charge in [0.25, 0.3) is 0 Å². The van der Waals surface area contributed by atoms with Gasteiger partial charge >= 0.3 is 0 Å². The lowest BCUT2D eigenvalue weighted by Crippen LogP contribution is -2.17. The van der Waals surface area contributed by atoms with Crippen LogP contribution >= 0.6 is 11.6 Å². The Morgan fingerprint density at radius 1 is 0.414 bits per heavy atom. The van der Waals surface area contributed by atoms with E-state index in [2.05, 4.69) is 5.32 Å². The molecule has 0 spiro atoms. The van der Waals surface area contributed by atoms with Gasteiger partial charge in [-0.05, 0) is 7.05 Å². The first-order valence-corrected chi connectivity index (χ1v) is 10.8. The van der Waals surface area contributed by atoms with Crippen molar-refractivity contribution in [3.63, 3.8) is 0 Å². The maximum absolute atomic E-state index is 5.49. The molecule has 0 aromatic carbocycles. The Morgan fingerprint density at radius 2 is 0.655 bits per heavy atom. The topological polar surface area (TPSA) is 85.9 Å². The second-order valence-electron chi connectivity index (χ2n) is 5.69. The van der Waals surface area contributed by atoms with Gasteiger partial charge in [0.1, 0.15) is 0 Å². The standard InChI is InChI=1S/C19H40ClNO8/c1-21-3-5-23-7-9-25-11-13-27-15-17-29-19-18-28-16-14-26-12-10-24-8-6-22-4-2-20/h21H,2-19H2,1H3. The van der Waals surface area contributed by atoms with Crippen LogP contribution in [0.5, 0.6) is 0 Å². The van der Waals surface area contributed by atoms with Crippen LogP contribution in [0.15, 0.2) is 0 Å². The molecule has 0 aromatic heterocycles. The van der Waals surface area contributed by atoms with E-state index in [1.807, 2.05) is 7.05 Å². The van der Waals surface area contributed by atoms with Crippen molar-refractivity contribution in [3.8, 4) is 0 Å². The highest BCUT2D eigenvalue weighted by Crippen LogP contribution is 1.86. The fraction of sp³-hybridized carbons (Fsp3) is 1.00. The van der Waals surface area contributed by atoms with Crippen molar-refractivity contribution in [2.75, 3.05) is 125 Å². The number of ether oxygens (including phenoxy) is 8. The van der Waals surface area contributed by atoms with E-state index >= 15 is 0 Å². The van der Waals surface area contributed by atoms with Gasteiger partial charge < -0.3 is 43.2 Å². The predicted octanol–water partition coefficient (Wildman–Crippen LogP) is 0.577. The van der Waals surface area contributed by atoms with Gasteiger partial charge in [0.05, 0.1) is 106 Å². The van der Waals surface area contributed by atoms with Crippen LogP contribution in [0, 0.1) is 0 Å². The summed E-state index contributed by atoms with van der Waals surface area (Å²) in [6.45, 7) is 9.84. The van der Waals surface area contributed by atoms with Crippen molar-refractivity contribution in [1.29, 1.82) is 0 Å². The van der Waals surface area contributed by atoms with E-state index in [0.717, 1.165) is 6.54 Å². The Morgan fingerprint density at radius 3 is 0.897 bits per heavy atom. The lowest BCUT2D eigenvalue weighted by atomic mass is 10.6. The van der Waals surface area contributed by atoms with Crippen LogP contribution in [0.3, 0.4) is 0 Å². The third-order valence-corrected chi connectivity index (χ3v) is 3.48. The largest absolute Gasteiger partial charge is 0.378 e. The number of nitrogens with one attached hydrogen (secondary N) is 1. The molecule has 0 amide bonds. The first-order valence-electron chi connectivity index (χ1n) is 10.2. The summed E-state index contributed by atoms with van der Waals surface area (Å²) in [7, 11) is 1.90.